The van der Waals surface area contributed by atoms with Crippen LogP contribution < -0.4 is 10.1 Å². The second-order valence-corrected chi connectivity index (χ2v) is 13.5. The Kier molecular flexibility index (Phi) is 7.45. The summed E-state index contributed by atoms with van der Waals surface area (Å²) in [4.78, 5) is 16.8. The molecule has 7 atom stereocenters. The molecule has 0 spiro atoms. The number of allylic oxidation sites excluding steroid dienone is 1. The number of aliphatic hydroxyl groups excluding tert-OH is 1. The van der Waals surface area contributed by atoms with Crippen LogP contribution in [-0.2, 0) is 4.79 Å². The van der Waals surface area contributed by atoms with Gasteiger partial charge in [-0.2, -0.15) is 0 Å². The van der Waals surface area contributed by atoms with E-state index in [2.05, 4.69) is 25.2 Å². The molecule has 6 rings (SSSR count). The summed E-state index contributed by atoms with van der Waals surface area (Å²) in [5.74, 6) is 3.12. The minimum atomic E-state index is -0.220. The number of nitrogens with one attached hydrogen (secondary N) is 1. The Balaban J connectivity index is 1.12. The molecular weight excluding hydrogens is 472 g/mol. The van der Waals surface area contributed by atoms with Gasteiger partial charge in [0.05, 0.1) is 18.4 Å². The van der Waals surface area contributed by atoms with Gasteiger partial charge in [0.15, 0.2) is 5.78 Å². The van der Waals surface area contributed by atoms with Gasteiger partial charge in [0.2, 0.25) is 0 Å². The van der Waals surface area contributed by atoms with Crippen molar-refractivity contribution in [3.05, 3.63) is 35.7 Å². The van der Waals surface area contributed by atoms with Gasteiger partial charge in [0, 0.05) is 36.2 Å². The molecule has 0 bridgehead atoms. The number of aromatic nitrogens is 1. The fourth-order valence-electron chi connectivity index (χ4n) is 9.68. The topological polar surface area (TPSA) is 71.5 Å². The Labute approximate surface area is 229 Å². The van der Waals surface area contributed by atoms with E-state index >= 15 is 0 Å². The first kappa shape index (κ1) is 26.5. The van der Waals surface area contributed by atoms with E-state index in [4.69, 9.17) is 9.72 Å². The molecule has 5 unspecified atom stereocenters. The van der Waals surface area contributed by atoms with Crippen molar-refractivity contribution in [2.24, 2.45) is 28.6 Å². The highest BCUT2D eigenvalue weighted by Crippen LogP contribution is 2.66. The van der Waals surface area contributed by atoms with Crippen molar-refractivity contribution in [2.45, 2.75) is 122 Å². The van der Waals surface area contributed by atoms with Gasteiger partial charge in [-0.1, -0.05) is 32.3 Å². The number of aliphatic hydroxyl groups is 1. The first-order valence-electron chi connectivity index (χ1n) is 15.7. The van der Waals surface area contributed by atoms with Crippen molar-refractivity contribution in [1.29, 1.82) is 0 Å². The number of ether oxygens (including phenoxy) is 1. The normalized spacial score (nSPS) is 37.8. The fraction of sp³-hybridized carbons (Fsp3) is 0.758. The molecule has 5 nitrogen and oxygen atoms in total. The molecule has 0 radical (unpaired) electrons. The summed E-state index contributed by atoms with van der Waals surface area (Å²) < 4.78 is 6.39. The lowest BCUT2D eigenvalue weighted by molar-refractivity contribution is -0.118. The second-order valence-electron chi connectivity index (χ2n) is 13.5. The Bertz CT molecular complexity index is 1050. The van der Waals surface area contributed by atoms with Crippen molar-refractivity contribution in [3.8, 4) is 5.75 Å². The van der Waals surface area contributed by atoms with E-state index in [0.29, 0.717) is 42.6 Å². The highest BCUT2D eigenvalue weighted by Gasteiger charge is 2.60. The highest BCUT2D eigenvalue weighted by molar-refractivity contribution is 5.91. The van der Waals surface area contributed by atoms with Crippen LogP contribution in [0, 0.1) is 28.6 Å². The van der Waals surface area contributed by atoms with Crippen LogP contribution in [0.3, 0.4) is 0 Å². The Morgan fingerprint density at radius 2 is 1.95 bits per heavy atom. The summed E-state index contributed by atoms with van der Waals surface area (Å²) in [5, 5.41) is 15.2. The molecule has 38 heavy (non-hydrogen) atoms. The van der Waals surface area contributed by atoms with Gasteiger partial charge in [-0.25, -0.2) is 0 Å². The van der Waals surface area contributed by atoms with Crippen LogP contribution in [-0.4, -0.2) is 34.6 Å². The number of hydrogen-bond acceptors (Lipinski definition) is 5. The number of ketones is 1. The summed E-state index contributed by atoms with van der Waals surface area (Å²) in [6, 6.07) is 5.01. The maximum absolute atomic E-state index is 12.2. The summed E-state index contributed by atoms with van der Waals surface area (Å²) in [5.41, 5.74) is 2.67. The summed E-state index contributed by atoms with van der Waals surface area (Å²) in [7, 11) is 0. The van der Waals surface area contributed by atoms with Crippen LogP contribution in [0.25, 0.3) is 0 Å². The van der Waals surface area contributed by atoms with Gasteiger partial charge in [-0.3, -0.25) is 9.78 Å². The number of fused-ring (bicyclic) bond motifs is 5. The molecule has 0 saturated heterocycles. The quantitative estimate of drug-likeness (QED) is 0.399. The van der Waals surface area contributed by atoms with E-state index in [-0.39, 0.29) is 23.0 Å². The third kappa shape index (κ3) is 4.66. The minimum absolute atomic E-state index is 0.0188. The molecule has 1 heterocycles. The van der Waals surface area contributed by atoms with Crippen LogP contribution in [0.15, 0.2) is 30.0 Å². The second kappa shape index (κ2) is 10.7. The van der Waals surface area contributed by atoms with Gasteiger partial charge in [-0.15, -0.1) is 0 Å². The van der Waals surface area contributed by atoms with E-state index in [1.54, 1.807) is 0 Å². The standard InChI is InChI=1S/C33H48N2O3/c1-3-29(35-23-6-4-5-7-23)30-21-25(14-18-34-30)38-19-17-33-16-13-27-26(28(33)10-11-31(33)37)9-8-22-20-24(36)12-15-32(22,27)2/h14,18,20-21,23,26-29,31,35,37H,3-13,15-17,19H2,1-2H3/t26?,27?,28?,29?,31?,32-,33+/m0/s1. The van der Waals surface area contributed by atoms with Crippen LogP contribution >= 0.6 is 0 Å². The molecule has 4 fully saturated rings. The maximum atomic E-state index is 12.2. The average Bonchev–Trinajstić information content (AvgIpc) is 3.56. The zero-order valence-electron chi connectivity index (χ0n) is 23.6. The molecule has 1 aromatic heterocycles. The Morgan fingerprint density at radius 1 is 1.11 bits per heavy atom. The first-order chi connectivity index (χ1) is 18.4. The first-order valence-corrected chi connectivity index (χ1v) is 15.7. The molecule has 2 N–H and O–H groups in total. The van der Waals surface area contributed by atoms with E-state index < -0.39 is 0 Å². The van der Waals surface area contributed by atoms with Gasteiger partial charge in [0.1, 0.15) is 5.75 Å². The molecular formula is C33H48N2O3. The number of pyridine rings is 1. The largest absolute Gasteiger partial charge is 0.493 e. The lowest BCUT2D eigenvalue weighted by Crippen LogP contribution is -2.52. The Hall–Kier alpha value is -1.72. The Morgan fingerprint density at radius 3 is 2.76 bits per heavy atom. The molecule has 5 heteroatoms. The molecule has 5 aliphatic rings. The summed E-state index contributed by atoms with van der Waals surface area (Å²) in [6.07, 6.45) is 19.1. The molecule has 5 aliphatic carbocycles. The number of rotatable bonds is 8. The minimum Gasteiger partial charge on any atom is -0.493 e. The van der Waals surface area contributed by atoms with Gasteiger partial charge < -0.3 is 15.2 Å². The van der Waals surface area contributed by atoms with Crippen molar-refractivity contribution < 1.29 is 14.6 Å². The van der Waals surface area contributed by atoms with Crippen molar-refractivity contribution in [3.63, 3.8) is 0 Å². The van der Waals surface area contributed by atoms with E-state index in [1.807, 2.05) is 18.3 Å². The van der Waals surface area contributed by atoms with Crippen LogP contribution in [0.1, 0.15) is 115 Å². The molecule has 0 amide bonds. The third-order valence-electron chi connectivity index (χ3n) is 11.8. The van der Waals surface area contributed by atoms with E-state index in [9.17, 15) is 9.90 Å². The van der Waals surface area contributed by atoms with Crippen LogP contribution in [0.5, 0.6) is 5.75 Å². The number of nitrogens with zero attached hydrogens (tertiary/aromatic N) is 1. The van der Waals surface area contributed by atoms with Gasteiger partial charge >= 0.3 is 0 Å². The third-order valence-corrected chi connectivity index (χ3v) is 11.8. The lowest BCUT2D eigenvalue weighted by atomic mass is 9.46. The smallest absolute Gasteiger partial charge is 0.155 e. The van der Waals surface area contributed by atoms with Crippen molar-refractivity contribution >= 4 is 5.78 Å². The predicted molar refractivity (Wildman–Crippen MR) is 150 cm³/mol. The summed E-state index contributed by atoms with van der Waals surface area (Å²) >= 11 is 0. The van der Waals surface area contributed by atoms with Crippen LogP contribution in [0.2, 0.25) is 0 Å². The average molecular weight is 521 g/mol. The fourth-order valence-corrected chi connectivity index (χ4v) is 9.68. The molecule has 208 valence electrons. The van der Waals surface area contributed by atoms with E-state index in [1.165, 1.54) is 44.1 Å². The summed E-state index contributed by atoms with van der Waals surface area (Å²) in [6.45, 7) is 5.32. The number of carbonyl (C=O) groups excluding carboxylic acids is 1. The van der Waals surface area contributed by atoms with Gasteiger partial charge in [0.25, 0.3) is 0 Å². The van der Waals surface area contributed by atoms with Gasteiger partial charge in [-0.05, 0) is 106 Å². The zero-order valence-corrected chi connectivity index (χ0v) is 23.6. The molecule has 0 aromatic carbocycles. The zero-order chi connectivity index (χ0) is 26.3. The maximum Gasteiger partial charge on any atom is 0.155 e. The molecule has 1 aromatic rings. The monoisotopic (exact) mass is 520 g/mol. The number of carbonyl (C=O) groups is 1. The van der Waals surface area contributed by atoms with Crippen molar-refractivity contribution in [1.82, 2.24) is 10.3 Å². The van der Waals surface area contributed by atoms with E-state index in [0.717, 1.165) is 56.4 Å². The lowest BCUT2D eigenvalue weighted by Gasteiger charge is -2.58. The molecule has 0 aliphatic heterocycles. The highest BCUT2D eigenvalue weighted by atomic mass is 16.5. The molecule has 4 saturated carbocycles. The predicted octanol–water partition coefficient (Wildman–Crippen LogP) is 6.71. The SMILES string of the molecule is CCC(NC1CCCC1)c1cc(OCC[C@]23CCC4C(CCC5=CC(=O)CC[C@@]54C)C2CCC3O)ccn1. The van der Waals surface area contributed by atoms with Crippen molar-refractivity contribution in [2.75, 3.05) is 6.61 Å². The van der Waals surface area contributed by atoms with Crippen LogP contribution in [0.4, 0.5) is 0 Å². The number of hydrogen-bond donors (Lipinski definition) is 2.